The zero-order valence-corrected chi connectivity index (χ0v) is 13.4. The van der Waals surface area contributed by atoms with Crippen molar-refractivity contribution in [2.45, 2.75) is 32.6 Å². The highest BCUT2D eigenvalue weighted by molar-refractivity contribution is 8.03. The predicted molar refractivity (Wildman–Crippen MR) is 80.6 cm³/mol. The monoisotopic (exact) mass is 337 g/mol. The Morgan fingerprint density at radius 2 is 2.19 bits per heavy atom. The molecule has 21 heavy (non-hydrogen) atoms. The summed E-state index contributed by atoms with van der Waals surface area (Å²) < 4.78 is 25.2. The highest BCUT2D eigenvalue weighted by Gasteiger charge is 2.32. The van der Waals surface area contributed by atoms with E-state index in [1.165, 1.54) is 0 Å². The molecule has 1 rings (SSSR count). The van der Waals surface area contributed by atoms with Crippen molar-refractivity contribution in [2.24, 2.45) is 0 Å². The van der Waals surface area contributed by atoms with Gasteiger partial charge in [-0.05, 0) is 12.8 Å². The van der Waals surface area contributed by atoms with E-state index in [0.29, 0.717) is 18.7 Å². The molecule has 120 valence electrons. The normalized spacial score (nSPS) is 17.8. The van der Waals surface area contributed by atoms with Crippen molar-refractivity contribution >= 4 is 27.7 Å². The van der Waals surface area contributed by atoms with Gasteiger partial charge in [0, 0.05) is 12.3 Å². The molecule has 1 fully saturated rings. The van der Waals surface area contributed by atoms with Gasteiger partial charge in [-0.1, -0.05) is 19.8 Å². The van der Waals surface area contributed by atoms with Crippen LogP contribution in [0.15, 0.2) is 10.7 Å². The minimum atomic E-state index is -3.85. The van der Waals surface area contributed by atoms with Gasteiger partial charge >= 0.3 is 11.6 Å². The Bertz CT molecular complexity index is 522. The molecule has 0 spiro atoms. The van der Waals surface area contributed by atoms with Crippen molar-refractivity contribution in [2.75, 3.05) is 18.1 Å². The Labute approximate surface area is 127 Å². The van der Waals surface area contributed by atoms with Crippen LogP contribution < -0.4 is 10.0 Å². The van der Waals surface area contributed by atoms with E-state index >= 15 is 0 Å². The maximum Gasteiger partial charge on any atom is 0.363 e. The van der Waals surface area contributed by atoms with Gasteiger partial charge in [-0.2, -0.15) is 0 Å². The number of nitro groups is 1. The Kier molecular flexibility index (Phi) is 6.96. The fourth-order valence-electron chi connectivity index (χ4n) is 1.70. The van der Waals surface area contributed by atoms with Crippen molar-refractivity contribution < 1.29 is 18.1 Å². The van der Waals surface area contributed by atoms with E-state index in [9.17, 15) is 23.3 Å². The van der Waals surface area contributed by atoms with Gasteiger partial charge in [-0.25, -0.2) is 13.1 Å². The first-order valence-electron chi connectivity index (χ1n) is 6.67. The highest BCUT2D eigenvalue weighted by atomic mass is 32.2. The third-order valence-corrected chi connectivity index (χ3v) is 5.17. The number of nitrogens with one attached hydrogen (secondary N) is 2. The minimum Gasteiger partial charge on any atom is -0.374 e. The van der Waals surface area contributed by atoms with Crippen LogP contribution in [0, 0.1) is 10.1 Å². The predicted octanol–water partition coefficient (Wildman–Crippen LogP) is 0.795. The molecule has 0 bridgehead atoms. The number of thioether (sulfide) groups is 1. The number of carbonyl (C=O) groups is 1. The second-order valence-corrected chi connectivity index (χ2v) is 7.47. The Morgan fingerprint density at radius 1 is 1.48 bits per heavy atom. The van der Waals surface area contributed by atoms with Gasteiger partial charge in [-0.3, -0.25) is 14.9 Å². The first-order valence-corrected chi connectivity index (χ1v) is 9.31. The summed E-state index contributed by atoms with van der Waals surface area (Å²) in [4.78, 5) is 22.1. The van der Waals surface area contributed by atoms with Crippen molar-refractivity contribution in [3.8, 4) is 0 Å². The number of carbonyl (C=O) groups excluding carboxylic acids is 1. The SMILES string of the molecule is CCCCCS(=O)(=O)NC(=O)C(=C1NCCCS1)[N+](=O)[O-]. The van der Waals surface area contributed by atoms with Crippen LogP contribution in [0.3, 0.4) is 0 Å². The molecular formula is C11H19N3O5S2. The van der Waals surface area contributed by atoms with E-state index in [1.807, 2.05) is 6.92 Å². The molecule has 1 aliphatic rings. The summed E-state index contributed by atoms with van der Waals surface area (Å²) in [5.41, 5.74) is -0.737. The van der Waals surface area contributed by atoms with E-state index in [1.54, 1.807) is 4.72 Å². The van der Waals surface area contributed by atoms with Crippen LogP contribution in [-0.2, 0) is 14.8 Å². The molecule has 8 nitrogen and oxygen atoms in total. The highest BCUT2D eigenvalue weighted by Crippen LogP contribution is 2.22. The van der Waals surface area contributed by atoms with Crippen LogP contribution >= 0.6 is 11.8 Å². The van der Waals surface area contributed by atoms with Gasteiger partial charge in [0.1, 0.15) is 0 Å². The average molecular weight is 337 g/mol. The van der Waals surface area contributed by atoms with E-state index in [4.69, 9.17) is 0 Å². The molecule has 0 aliphatic carbocycles. The Balaban J connectivity index is 2.81. The van der Waals surface area contributed by atoms with E-state index < -0.39 is 26.6 Å². The molecule has 0 radical (unpaired) electrons. The summed E-state index contributed by atoms with van der Waals surface area (Å²) in [6.07, 6.45) is 2.80. The van der Waals surface area contributed by atoms with E-state index in [-0.39, 0.29) is 10.8 Å². The van der Waals surface area contributed by atoms with Crippen molar-refractivity contribution in [3.05, 3.63) is 20.8 Å². The Morgan fingerprint density at radius 3 is 2.71 bits per heavy atom. The lowest BCUT2D eigenvalue weighted by atomic mass is 10.3. The second-order valence-electron chi connectivity index (χ2n) is 4.52. The van der Waals surface area contributed by atoms with Gasteiger partial charge in [0.05, 0.1) is 10.7 Å². The smallest absolute Gasteiger partial charge is 0.363 e. The number of nitrogens with zero attached hydrogens (tertiary/aromatic N) is 1. The van der Waals surface area contributed by atoms with Crippen LogP contribution in [-0.4, -0.2) is 37.3 Å². The van der Waals surface area contributed by atoms with Crippen LogP contribution in [0.4, 0.5) is 0 Å². The molecular weight excluding hydrogens is 318 g/mol. The third-order valence-electron chi connectivity index (χ3n) is 2.73. The molecule has 0 aromatic carbocycles. The summed E-state index contributed by atoms with van der Waals surface area (Å²) in [7, 11) is -3.85. The summed E-state index contributed by atoms with van der Waals surface area (Å²) in [6, 6.07) is 0. The van der Waals surface area contributed by atoms with Crippen LogP contribution in [0.5, 0.6) is 0 Å². The molecule has 2 N–H and O–H groups in total. The lowest BCUT2D eigenvalue weighted by Crippen LogP contribution is -2.37. The zero-order chi connectivity index (χ0) is 15.9. The molecule has 0 saturated carbocycles. The van der Waals surface area contributed by atoms with Gasteiger partial charge in [-0.15, -0.1) is 11.8 Å². The van der Waals surface area contributed by atoms with Crippen molar-refractivity contribution in [1.82, 2.24) is 10.0 Å². The van der Waals surface area contributed by atoms with Gasteiger partial charge in [0.2, 0.25) is 10.0 Å². The summed E-state index contributed by atoms with van der Waals surface area (Å²) in [6.45, 7) is 2.45. The maximum atomic E-state index is 11.9. The molecule has 1 heterocycles. The van der Waals surface area contributed by atoms with Crippen molar-refractivity contribution in [1.29, 1.82) is 0 Å². The quantitative estimate of drug-likeness (QED) is 0.305. The van der Waals surface area contributed by atoms with Crippen LogP contribution in [0.2, 0.25) is 0 Å². The largest absolute Gasteiger partial charge is 0.374 e. The molecule has 1 amide bonds. The van der Waals surface area contributed by atoms with Crippen LogP contribution in [0.25, 0.3) is 0 Å². The first-order chi connectivity index (χ1) is 9.87. The fraction of sp³-hybridized carbons (Fsp3) is 0.727. The minimum absolute atomic E-state index is 0.118. The Hall–Kier alpha value is -1.29. The zero-order valence-electron chi connectivity index (χ0n) is 11.8. The number of hydrogen-bond donors (Lipinski definition) is 2. The van der Waals surface area contributed by atoms with Gasteiger partial charge in [0.15, 0.2) is 5.03 Å². The summed E-state index contributed by atoms with van der Waals surface area (Å²) in [5, 5.41) is 13.9. The molecule has 1 saturated heterocycles. The van der Waals surface area contributed by atoms with Crippen LogP contribution in [0.1, 0.15) is 32.6 Å². The number of amides is 1. The van der Waals surface area contributed by atoms with Gasteiger partial charge in [0.25, 0.3) is 0 Å². The third kappa shape index (κ3) is 5.92. The number of sulfonamides is 1. The van der Waals surface area contributed by atoms with Crippen molar-refractivity contribution in [3.63, 3.8) is 0 Å². The first kappa shape index (κ1) is 17.8. The average Bonchev–Trinajstić information content (AvgIpc) is 2.39. The molecule has 1 aliphatic heterocycles. The molecule has 0 unspecified atom stereocenters. The number of rotatable bonds is 7. The number of hydrogen-bond acceptors (Lipinski definition) is 7. The van der Waals surface area contributed by atoms with E-state index in [2.05, 4.69) is 5.32 Å². The number of unbranched alkanes of at least 4 members (excludes halogenated alkanes) is 2. The molecule has 0 atom stereocenters. The second kappa shape index (κ2) is 8.23. The topological polar surface area (TPSA) is 118 Å². The molecule has 0 aromatic heterocycles. The molecule has 10 heteroatoms. The summed E-state index contributed by atoms with van der Waals surface area (Å²) >= 11 is 1.15. The maximum absolute atomic E-state index is 11.9. The lowest BCUT2D eigenvalue weighted by Gasteiger charge is -2.15. The molecule has 0 aromatic rings. The van der Waals surface area contributed by atoms with Gasteiger partial charge < -0.3 is 5.32 Å². The summed E-state index contributed by atoms with van der Waals surface area (Å²) in [5.74, 6) is -0.752. The fourth-order valence-corrected chi connectivity index (χ4v) is 3.77. The standard InChI is InChI=1S/C11H19N3O5S2/c1-2-3-4-8-21(18,19)13-10(15)9(14(16)17)11-12-6-5-7-20-11/h12H,2-8H2,1H3,(H,13,15). The lowest BCUT2D eigenvalue weighted by molar-refractivity contribution is -0.419. The van der Waals surface area contributed by atoms with E-state index in [0.717, 1.165) is 31.0 Å².